The van der Waals surface area contributed by atoms with Gasteiger partial charge in [-0.3, -0.25) is 4.79 Å². The minimum atomic E-state index is -0.636. The number of allylic oxidation sites excluding steroid dienone is 1. The van der Waals surface area contributed by atoms with E-state index in [1.165, 1.54) is 0 Å². The second-order valence-corrected chi connectivity index (χ2v) is 6.90. The molecule has 162 valence electrons. The van der Waals surface area contributed by atoms with Crippen molar-refractivity contribution in [1.82, 2.24) is 0 Å². The van der Waals surface area contributed by atoms with Gasteiger partial charge in [0.2, 0.25) is 0 Å². The van der Waals surface area contributed by atoms with Crippen molar-refractivity contribution in [2.24, 2.45) is 0 Å². The van der Waals surface area contributed by atoms with Gasteiger partial charge in [0.05, 0.1) is 25.9 Å². The summed E-state index contributed by atoms with van der Waals surface area (Å²) >= 11 is 0. The van der Waals surface area contributed by atoms with Gasteiger partial charge in [-0.15, -0.1) is 0 Å². The molecule has 1 N–H and O–H groups in total. The lowest BCUT2D eigenvalue weighted by Gasteiger charge is -2.08. The van der Waals surface area contributed by atoms with Gasteiger partial charge in [0.15, 0.2) is 0 Å². The smallest absolute Gasteiger partial charge is 0.305 e. The summed E-state index contributed by atoms with van der Waals surface area (Å²) in [5.41, 5.74) is 1.13. The lowest BCUT2D eigenvalue weighted by Crippen LogP contribution is -2.09. The molecule has 2 aromatic rings. The van der Waals surface area contributed by atoms with Crippen LogP contribution < -0.4 is 9.47 Å². The standard InChI is InChI=1S/C25H32O5/c1-2-28-25(27)18-15-22(26)10-8-9-21-13-16-24(17-14-21)30-20-7-6-19-29-23-11-4-3-5-12-23/h3-5,8,10-14,16-17,22,26H,2,6-7,9,15,18-20H2,1H3/b10-8-/t22-/m0/s1. The highest BCUT2D eigenvalue weighted by Gasteiger charge is 2.05. The van der Waals surface area contributed by atoms with E-state index in [0.717, 1.165) is 29.9 Å². The number of carbonyl (C=O) groups is 1. The van der Waals surface area contributed by atoms with Crippen LogP contribution in [0.3, 0.4) is 0 Å². The predicted molar refractivity (Wildman–Crippen MR) is 118 cm³/mol. The summed E-state index contributed by atoms with van der Waals surface area (Å²) < 4.78 is 16.3. The van der Waals surface area contributed by atoms with Crippen molar-refractivity contribution in [3.63, 3.8) is 0 Å². The molecule has 5 nitrogen and oxygen atoms in total. The van der Waals surface area contributed by atoms with Gasteiger partial charge < -0.3 is 19.3 Å². The molecule has 0 spiro atoms. The Labute approximate surface area is 179 Å². The van der Waals surface area contributed by atoms with Gasteiger partial charge in [0, 0.05) is 6.42 Å². The van der Waals surface area contributed by atoms with E-state index in [9.17, 15) is 9.90 Å². The lowest BCUT2D eigenvalue weighted by atomic mass is 10.1. The van der Waals surface area contributed by atoms with Crippen molar-refractivity contribution in [3.8, 4) is 11.5 Å². The maximum absolute atomic E-state index is 11.3. The van der Waals surface area contributed by atoms with Crippen molar-refractivity contribution in [1.29, 1.82) is 0 Å². The van der Waals surface area contributed by atoms with E-state index in [1.807, 2.05) is 60.7 Å². The van der Waals surface area contributed by atoms with Gasteiger partial charge in [-0.1, -0.05) is 42.5 Å². The Morgan fingerprint density at radius 2 is 1.60 bits per heavy atom. The number of ether oxygens (including phenoxy) is 3. The van der Waals surface area contributed by atoms with E-state index in [4.69, 9.17) is 14.2 Å². The van der Waals surface area contributed by atoms with E-state index in [0.29, 0.717) is 32.7 Å². The van der Waals surface area contributed by atoms with Crippen LogP contribution in [0.1, 0.15) is 38.2 Å². The van der Waals surface area contributed by atoms with Crippen LogP contribution in [-0.2, 0) is 16.0 Å². The van der Waals surface area contributed by atoms with Crippen molar-refractivity contribution >= 4 is 5.97 Å². The fourth-order valence-electron chi connectivity index (χ4n) is 2.78. The van der Waals surface area contributed by atoms with Crippen molar-refractivity contribution in [2.75, 3.05) is 19.8 Å². The van der Waals surface area contributed by atoms with E-state index >= 15 is 0 Å². The predicted octanol–water partition coefficient (Wildman–Crippen LogP) is 4.73. The first-order chi connectivity index (χ1) is 14.7. The average Bonchev–Trinajstić information content (AvgIpc) is 2.77. The quantitative estimate of drug-likeness (QED) is 0.276. The summed E-state index contributed by atoms with van der Waals surface area (Å²) in [7, 11) is 0. The fourth-order valence-corrected chi connectivity index (χ4v) is 2.78. The number of rotatable bonds is 14. The summed E-state index contributed by atoms with van der Waals surface area (Å²) in [4.78, 5) is 11.3. The highest BCUT2D eigenvalue weighted by atomic mass is 16.5. The molecule has 0 saturated carbocycles. The molecule has 0 bridgehead atoms. The second-order valence-electron chi connectivity index (χ2n) is 6.90. The monoisotopic (exact) mass is 412 g/mol. The van der Waals surface area contributed by atoms with E-state index < -0.39 is 6.10 Å². The number of aliphatic hydroxyl groups excluding tert-OH is 1. The molecule has 0 aliphatic heterocycles. The summed E-state index contributed by atoms with van der Waals surface area (Å²) in [6.07, 6.45) is 6.19. The molecule has 2 rings (SSSR count). The summed E-state index contributed by atoms with van der Waals surface area (Å²) in [6.45, 7) is 3.48. The third-order valence-corrected chi connectivity index (χ3v) is 4.40. The maximum Gasteiger partial charge on any atom is 0.305 e. The highest BCUT2D eigenvalue weighted by Crippen LogP contribution is 2.14. The molecule has 0 amide bonds. The Balaban J connectivity index is 1.57. The molecule has 0 aliphatic carbocycles. The zero-order valence-electron chi connectivity index (χ0n) is 17.7. The van der Waals surface area contributed by atoms with Crippen LogP contribution in [0.25, 0.3) is 0 Å². The molecule has 0 radical (unpaired) electrons. The summed E-state index contributed by atoms with van der Waals surface area (Å²) in [5, 5.41) is 9.89. The number of para-hydroxylation sites is 1. The van der Waals surface area contributed by atoms with E-state index in [1.54, 1.807) is 13.0 Å². The molecule has 0 fully saturated rings. The zero-order valence-corrected chi connectivity index (χ0v) is 17.7. The Hall–Kier alpha value is -2.79. The first kappa shape index (κ1) is 23.5. The highest BCUT2D eigenvalue weighted by molar-refractivity contribution is 5.69. The largest absolute Gasteiger partial charge is 0.494 e. The van der Waals surface area contributed by atoms with Gasteiger partial charge in [0.1, 0.15) is 11.5 Å². The number of hydrogen-bond donors (Lipinski definition) is 1. The SMILES string of the molecule is CCOC(=O)CC[C@@H](O)/C=C\Cc1ccc(OCCCCOc2ccccc2)cc1. The number of esters is 1. The minimum absolute atomic E-state index is 0.226. The topological polar surface area (TPSA) is 65.0 Å². The molecule has 0 heterocycles. The Morgan fingerprint density at radius 3 is 2.23 bits per heavy atom. The molecular weight excluding hydrogens is 380 g/mol. The molecule has 30 heavy (non-hydrogen) atoms. The third-order valence-electron chi connectivity index (χ3n) is 4.40. The molecule has 5 heteroatoms. The van der Waals surface area contributed by atoms with Crippen LogP contribution in [0.4, 0.5) is 0 Å². The first-order valence-electron chi connectivity index (χ1n) is 10.6. The Kier molecular flexibility index (Phi) is 11.1. The Bertz CT molecular complexity index is 740. The van der Waals surface area contributed by atoms with Gasteiger partial charge in [-0.05, 0) is 62.4 Å². The van der Waals surface area contributed by atoms with Gasteiger partial charge in [-0.2, -0.15) is 0 Å². The first-order valence-corrected chi connectivity index (χ1v) is 10.6. The fraction of sp³-hybridized carbons (Fsp3) is 0.400. The second kappa shape index (κ2) is 14.2. The van der Waals surface area contributed by atoms with Crippen LogP contribution >= 0.6 is 0 Å². The zero-order chi connectivity index (χ0) is 21.4. The molecule has 0 unspecified atom stereocenters. The van der Waals surface area contributed by atoms with E-state index in [2.05, 4.69) is 0 Å². The van der Waals surface area contributed by atoms with Gasteiger partial charge in [-0.25, -0.2) is 0 Å². The molecule has 0 saturated heterocycles. The van der Waals surface area contributed by atoms with Crippen LogP contribution in [0.5, 0.6) is 11.5 Å². The van der Waals surface area contributed by atoms with Crippen LogP contribution in [0.15, 0.2) is 66.7 Å². The van der Waals surface area contributed by atoms with Gasteiger partial charge >= 0.3 is 5.97 Å². The normalized spacial score (nSPS) is 11.9. The number of carbonyl (C=O) groups excluding carboxylic acids is 1. The third kappa shape index (κ3) is 10.1. The van der Waals surface area contributed by atoms with Crippen LogP contribution in [0.2, 0.25) is 0 Å². The van der Waals surface area contributed by atoms with Crippen molar-refractivity contribution < 1.29 is 24.1 Å². The lowest BCUT2D eigenvalue weighted by molar-refractivity contribution is -0.143. The maximum atomic E-state index is 11.3. The minimum Gasteiger partial charge on any atom is -0.494 e. The number of unbranched alkanes of at least 4 members (excludes halogenated alkanes) is 1. The molecular formula is C25H32O5. The Morgan fingerprint density at radius 1 is 0.967 bits per heavy atom. The van der Waals surface area contributed by atoms with E-state index in [-0.39, 0.29) is 12.4 Å². The molecule has 0 aliphatic rings. The number of benzene rings is 2. The number of aliphatic hydroxyl groups is 1. The average molecular weight is 413 g/mol. The van der Waals surface area contributed by atoms with Crippen molar-refractivity contribution in [3.05, 3.63) is 72.3 Å². The number of hydrogen-bond acceptors (Lipinski definition) is 5. The van der Waals surface area contributed by atoms with Crippen LogP contribution in [0, 0.1) is 0 Å². The van der Waals surface area contributed by atoms with Gasteiger partial charge in [0.25, 0.3) is 0 Å². The summed E-state index contributed by atoms with van der Waals surface area (Å²) in [6, 6.07) is 17.8. The van der Waals surface area contributed by atoms with Crippen molar-refractivity contribution in [2.45, 2.75) is 45.1 Å². The summed E-state index contributed by atoms with van der Waals surface area (Å²) in [5.74, 6) is 1.47. The van der Waals surface area contributed by atoms with Crippen LogP contribution in [-0.4, -0.2) is 37.0 Å². The molecule has 0 aromatic heterocycles. The molecule has 2 aromatic carbocycles. The molecule has 1 atom stereocenters.